The highest BCUT2D eigenvalue weighted by Crippen LogP contribution is 2.11. The maximum absolute atomic E-state index is 5.82. The van der Waals surface area contributed by atoms with E-state index >= 15 is 0 Å². The molecule has 1 atom stereocenters. The van der Waals surface area contributed by atoms with E-state index in [9.17, 15) is 0 Å². The number of hydrogen-bond donors (Lipinski definition) is 2. The number of piperidine rings is 1. The van der Waals surface area contributed by atoms with Crippen LogP contribution in [0.1, 0.15) is 38.7 Å². The van der Waals surface area contributed by atoms with Gasteiger partial charge < -0.3 is 15.5 Å². The SMILES string of the molecule is CCNC(=NCC(C)CN1CCCCC1)NCCc1ccc(Cl)nc1. The smallest absolute Gasteiger partial charge is 0.191 e. The first-order valence-electron chi connectivity index (χ1n) is 9.52. The van der Waals surface area contributed by atoms with Gasteiger partial charge in [-0.05, 0) is 56.8 Å². The quantitative estimate of drug-likeness (QED) is 0.422. The Morgan fingerprint density at radius 3 is 2.76 bits per heavy atom. The van der Waals surface area contributed by atoms with Gasteiger partial charge in [0, 0.05) is 32.4 Å². The van der Waals surface area contributed by atoms with Crippen LogP contribution in [0.5, 0.6) is 0 Å². The van der Waals surface area contributed by atoms with E-state index in [0.29, 0.717) is 11.1 Å². The number of nitrogens with zero attached hydrogens (tertiary/aromatic N) is 3. The number of hydrogen-bond acceptors (Lipinski definition) is 3. The highest BCUT2D eigenvalue weighted by atomic mass is 35.5. The lowest BCUT2D eigenvalue weighted by molar-refractivity contribution is 0.203. The standard InChI is InChI=1S/C19H32ClN5/c1-3-21-19(22-10-9-17-7-8-18(20)23-14-17)24-13-16(2)15-25-11-5-4-6-12-25/h7-8,14,16H,3-6,9-13,15H2,1-2H3,(H2,21,22,24). The van der Waals surface area contributed by atoms with Gasteiger partial charge in [-0.1, -0.05) is 31.0 Å². The molecule has 1 aromatic heterocycles. The van der Waals surface area contributed by atoms with Gasteiger partial charge in [0.2, 0.25) is 0 Å². The molecule has 1 aliphatic heterocycles. The van der Waals surface area contributed by atoms with Gasteiger partial charge in [-0.25, -0.2) is 4.98 Å². The number of rotatable bonds is 8. The van der Waals surface area contributed by atoms with E-state index < -0.39 is 0 Å². The normalized spacial score (nSPS) is 17.3. The van der Waals surface area contributed by atoms with E-state index in [0.717, 1.165) is 38.6 Å². The largest absolute Gasteiger partial charge is 0.357 e. The van der Waals surface area contributed by atoms with Gasteiger partial charge in [0.1, 0.15) is 5.15 Å². The summed E-state index contributed by atoms with van der Waals surface area (Å²) in [6, 6.07) is 3.85. The molecule has 5 nitrogen and oxygen atoms in total. The fourth-order valence-corrected chi connectivity index (χ4v) is 3.22. The molecule has 2 heterocycles. The third-order valence-corrected chi connectivity index (χ3v) is 4.64. The summed E-state index contributed by atoms with van der Waals surface area (Å²) in [5.41, 5.74) is 1.17. The van der Waals surface area contributed by atoms with Crippen molar-refractivity contribution in [3.8, 4) is 0 Å². The minimum atomic E-state index is 0.536. The van der Waals surface area contributed by atoms with Gasteiger partial charge in [-0.3, -0.25) is 4.99 Å². The van der Waals surface area contributed by atoms with Gasteiger partial charge >= 0.3 is 0 Å². The first-order valence-corrected chi connectivity index (χ1v) is 9.90. The molecule has 6 heteroatoms. The summed E-state index contributed by atoms with van der Waals surface area (Å²) in [4.78, 5) is 11.5. The fraction of sp³-hybridized carbons (Fsp3) is 0.684. The van der Waals surface area contributed by atoms with Crippen molar-refractivity contribution in [3.63, 3.8) is 0 Å². The zero-order chi connectivity index (χ0) is 17.9. The summed E-state index contributed by atoms with van der Waals surface area (Å²) in [5.74, 6) is 1.48. The van der Waals surface area contributed by atoms with Gasteiger partial charge in [0.15, 0.2) is 5.96 Å². The fourth-order valence-electron chi connectivity index (χ4n) is 3.11. The minimum absolute atomic E-state index is 0.536. The third-order valence-electron chi connectivity index (χ3n) is 4.42. The van der Waals surface area contributed by atoms with Crippen LogP contribution in [0.3, 0.4) is 0 Å². The Labute approximate surface area is 157 Å². The summed E-state index contributed by atoms with van der Waals surface area (Å²) in [5, 5.41) is 7.27. The van der Waals surface area contributed by atoms with Crippen molar-refractivity contribution in [1.29, 1.82) is 0 Å². The van der Waals surface area contributed by atoms with Crippen molar-refractivity contribution in [2.75, 3.05) is 39.3 Å². The first-order chi connectivity index (χ1) is 12.2. The van der Waals surface area contributed by atoms with E-state index in [-0.39, 0.29) is 0 Å². The van der Waals surface area contributed by atoms with Crippen LogP contribution in [0.4, 0.5) is 0 Å². The van der Waals surface area contributed by atoms with Crippen LogP contribution < -0.4 is 10.6 Å². The topological polar surface area (TPSA) is 52.6 Å². The Hall–Kier alpha value is -1.33. The second-order valence-electron chi connectivity index (χ2n) is 6.85. The maximum Gasteiger partial charge on any atom is 0.191 e. The Bertz CT molecular complexity index is 511. The molecule has 0 spiro atoms. The van der Waals surface area contributed by atoms with Gasteiger partial charge in [-0.2, -0.15) is 0 Å². The van der Waals surface area contributed by atoms with Crippen LogP contribution in [0.15, 0.2) is 23.3 Å². The Balaban J connectivity index is 1.73. The zero-order valence-electron chi connectivity index (χ0n) is 15.6. The second-order valence-corrected chi connectivity index (χ2v) is 7.24. The summed E-state index contributed by atoms with van der Waals surface area (Å²) in [6.45, 7) is 10.6. The van der Waals surface area contributed by atoms with Crippen molar-refractivity contribution in [1.82, 2.24) is 20.5 Å². The van der Waals surface area contributed by atoms with Crippen LogP contribution in [-0.4, -0.2) is 55.1 Å². The maximum atomic E-state index is 5.82. The van der Waals surface area contributed by atoms with E-state index in [2.05, 4.69) is 34.4 Å². The number of guanidine groups is 1. The lowest BCUT2D eigenvalue weighted by Crippen LogP contribution is -2.39. The van der Waals surface area contributed by atoms with E-state index in [1.807, 2.05) is 18.3 Å². The van der Waals surface area contributed by atoms with Gasteiger partial charge in [0.05, 0.1) is 0 Å². The molecule has 140 valence electrons. The lowest BCUT2D eigenvalue weighted by Gasteiger charge is -2.28. The number of aromatic nitrogens is 1. The molecule has 1 fully saturated rings. The molecule has 0 amide bonds. The molecule has 0 bridgehead atoms. The third kappa shape index (κ3) is 8.06. The average molecular weight is 366 g/mol. The highest BCUT2D eigenvalue weighted by molar-refractivity contribution is 6.29. The van der Waals surface area contributed by atoms with Gasteiger partial charge in [-0.15, -0.1) is 0 Å². The molecular weight excluding hydrogens is 334 g/mol. The number of aliphatic imine (C=N–C) groups is 1. The van der Waals surface area contributed by atoms with Crippen molar-refractivity contribution >= 4 is 17.6 Å². The Morgan fingerprint density at radius 1 is 1.28 bits per heavy atom. The average Bonchev–Trinajstić information content (AvgIpc) is 2.62. The molecule has 1 aliphatic rings. The Kier molecular flexibility index (Phi) is 9.05. The molecule has 1 aromatic rings. The number of nitrogens with one attached hydrogen (secondary N) is 2. The van der Waals surface area contributed by atoms with E-state index in [4.69, 9.17) is 16.6 Å². The predicted octanol–water partition coefficient (Wildman–Crippen LogP) is 2.95. The minimum Gasteiger partial charge on any atom is -0.357 e. The van der Waals surface area contributed by atoms with Crippen LogP contribution in [0.25, 0.3) is 0 Å². The summed E-state index contributed by atoms with van der Waals surface area (Å²) in [7, 11) is 0. The molecular formula is C19H32ClN5. The molecule has 2 N–H and O–H groups in total. The molecule has 1 saturated heterocycles. The van der Waals surface area contributed by atoms with Crippen LogP contribution in [0, 0.1) is 5.92 Å². The molecule has 0 saturated carbocycles. The number of halogens is 1. The van der Waals surface area contributed by atoms with Crippen molar-refractivity contribution < 1.29 is 0 Å². The van der Waals surface area contributed by atoms with E-state index in [1.165, 1.54) is 37.9 Å². The van der Waals surface area contributed by atoms with Crippen molar-refractivity contribution in [2.24, 2.45) is 10.9 Å². The van der Waals surface area contributed by atoms with Crippen molar-refractivity contribution in [2.45, 2.75) is 39.5 Å². The highest BCUT2D eigenvalue weighted by Gasteiger charge is 2.13. The van der Waals surface area contributed by atoms with Crippen LogP contribution >= 0.6 is 11.6 Å². The van der Waals surface area contributed by atoms with Gasteiger partial charge in [0.25, 0.3) is 0 Å². The molecule has 0 radical (unpaired) electrons. The van der Waals surface area contributed by atoms with Crippen LogP contribution in [0.2, 0.25) is 5.15 Å². The zero-order valence-corrected chi connectivity index (χ0v) is 16.4. The molecule has 25 heavy (non-hydrogen) atoms. The van der Waals surface area contributed by atoms with Crippen molar-refractivity contribution in [3.05, 3.63) is 29.0 Å². The predicted molar refractivity (Wildman–Crippen MR) is 106 cm³/mol. The molecule has 0 aromatic carbocycles. The summed E-state index contributed by atoms with van der Waals surface area (Å²) >= 11 is 5.82. The van der Waals surface area contributed by atoms with Crippen LogP contribution in [-0.2, 0) is 6.42 Å². The molecule has 0 aliphatic carbocycles. The van der Waals surface area contributed by atoms with E-state index in [1.54, 1.807) is 0 Å². The molecule has 2 rings (SSSR count). The monoisotopic (exact) mass is 365 g/mol. The second kappa shape index (κ2) is 11.3. The lowest BCUT2D eigenvalue weighted by atomic mass is 10.1. The number of pyridine rings is 1. The summed E-state index contributed by atoms with van der Waals surface area (Å²) < 4.78 is 0. The number of likely N-dealkylation sites (tertiary alicyclic amines) is 1. The molecule has 1 unspecified atom stereocenters. The Morgan fingerprint density at radius 2 is 2.08 bits per heavy atom. The first kappa shape index (κ1) is 20.0. The summed E-state index contributed by atoms with van der Waals surface area (Å²) in [6.07, 6.45) is 6.81.